The van der Waals surface area contributed by atoms with Crippen molar-refractivity contribution < 1.29 is 0 Å². The highest BCUT2D eigenvalue weighted by molar-refractivity contribution is 5.30. The molecule has 4 nitrogen and oxygen atoms in total. The largest absolute Gasteiger partial charge is 0.372 e. The summed E-state index contributed by atoms with van der Waals surface area (Å²) in [5.74, 6) is 0.840. The molecule has 1 aromatic rings. The average molecular weight is 218 g/mol. The van der Waals surface area contributed by atoms with Gasteiger partial charge < -0.3 is 9.80 Å². The number of piperazine rings is 1. The number of aryl methyl sites for hydroxylation is 1. The fourth-order valence-corrected chi connectivity index (χ4v) is 1.84. The Hall–Kier alpha value is -1.58. The van der Waals surface area contributed by atoms with Crippen LogP contribution in [-0.4, -0.2) is 41.0 Å². The SMILES string of the molecule is C=C(C)N1CCN(c2ncc(C)cn2)CC1. The lowest BCUT2D eigenvalue weighted by atomic mass is 10.3. The van der Waals surface area contributed by atoms with Crippen LogP contribution >= 0.6 is 0 Å². The average Bonchev–Trinajstić information content (AvgIpc) is 2.30. The molecule has 0 bridgehead atoms. The summed E-state index contributed by atoms with van der Waals surface area (Å²) >= 11 is 0. The normalized spacial score (nSPS) is 16.4. The lowest BCUT2D eigenvalue weighted by Gasteiger charge is -2.36. The van der Waals surface area contributed by atoms with E-state index in [4.69, 9.17) is 0 Å². The minimum Gasteiger partial charge on any atom is -0.372 e. The van der Waals surface area contributed by atoms with E-state index in [-0.39, 0.29) is 0 Å². The number of aromatic nitrogens is 2. The Kier molecular flexibility index (Phi) is 3.08. The van der Waals surface area contributed by atoms with Gasteiger partial charge in [0.05, 0.1) is 0 Å². The number of anilines is 1. The number of hydrogen-bond donors (Lipinski definition) is 0. The molecule has 2 heterocycles. The molecule has 0 aromatic carbocycles. The molecule has 1 aromatic heterocycles. The maximum absolute atomic E-state index is 4.35. The molecular weight excluding hydrogens is 200 g/mol. The highest BCUT2D eigenvalue weighted by Gasteiger charge is 2.17. The van der Waals surface area contributed by atoms with Gasteiger partial charge in [-0.15, -0.1) is 0 Å². The van der Waals surface area contributed by atoms with Crippen LogP contribution in [0, 0.1) is 6.92 Å². The third kappa shape index (κ3) is 2.32. The molecule has 1 fully saturated rings. The highest BCUT2D eigenvalue weighted by atomic mass is 15.3. The predicted molar refractivity (Wildman–Crippen MR) is 65.4 cm³/mol. The minimum absolute atomic E-state index is 0.840. The van der Waals surface area contributed by atoms with Gasteiger partial charge >= 0.3 is 0 Å². The number of allylic oxidation sites excluding steroid dienone is 1. The van der Waals surface area contributed by atoms with Crippen molar-refractivity contribution >= 4 is 5.95 Å². The molecule has 2 rings (SSSR count). The van der Waals surface area contributed by atoms with E-state index in [0.717, 1.165) is 43.4 Å². The summed E-state index contributed by atoms with van der Waals surface area (Å²) in [4.78, 5) is 13.2. The Bertz CT molecular complexity index is 363. The van der Waals surface area contributed by atoms with Crippen molar-refractivity contribution in [1.29, 1.82) is 0 Å². The zero-order chi connectivity index (χ0) is 11.5. The second-order valence-corrected chi connectivity index (χ2v) is 4.27. The molecule has 0 N–H and O–H groups in total. The molecule has 86 valence electrons. The molecule has 0 aliphatic carbocycles. The van der Waals surface area contributed by atoms with Gasteiger partial charge in [-0.05, 0) is 19.4 Å². The molecule has 0 radical (unpaired) electrons. The first kappa shape index (κ1) is 10.9. The first-order valence-electron chi connectivity index (χ1n) is 5.61. The molecule has 1 saturated heterocycles. The Morgan fingerprint density at radius 3 is 2.25 bits per heavy atom. The summed E-state index contributed by atoms with van der Waals surface area (Å²) < 4.78 is 0. The molecule has 0 unspecified atom stereocenters. The number of nitrogens with zero attached hydrogens (tertiary/aromatic N) is 4. The Balaban J connectivity index is 1.99. The van der Waals surface area contributed by atoms with E-state index in [0.29, 0.717) is 0 Å². The Morgan fingerprint density at radius 2 is 1.75 bits per heavy atom. The van der Waals surface area contributed by atoms with Crippen molar-refractivity contribution in [2.75, 3.05) is 31.1 Å². The van der Waals surface area contributed by atoms with Crippen LogP contribution in [0.1, 0.15) is 12.5 Å². The van der Waals surface area contributed by atoms with Crippen molar-refractivity contribution in [3.05, 3.63) is 30.2 Å². The van der Waals surface area contributed by atoms with E-state index in [9.17, 15) is 0 Å². The minimum atomic E-state index is 0.840. The van der Waals surface area contributed by atoms with Gasteiger partial charge in [0.15, 0.2) is 0 Å². The van der Waals surface area contributed by atoms with E-state index in [2.05, 4.69) is 33.3 Å². The van der Waals surface area contributed by atoms with E-state index in [1.54, 1.807) is 0 Å². The zero-order valence-corrected chi connectivity index (χ0v) is 9.98. The van der Waals surface area contributed by atoms with Gasteiger partial charge in [0.2, 0.25) is 5.95 Å². The zero-order valence-electron chi connectivity index (χ0n) is 9.98. The molecular formula is C12H18N4. The summed E-state index contributed by atoms with van der Waals surface area (Å²) in [5.41, 5.74) is 2.24. The first-order valence-corrected chi connectivity index (χ1v) is 5.61. The third-order valence-electron chi connectivity index (χ3n) is 2.87. The van der Waals surface area contributed by atoms with Gasteiger partial charge in [0.1, 0.15) is 0 Å². The topological polar surface area (TPSA) is 32.3 Å². The van der Waals surface area contributed by atoms with E-state index in [1.165, 1.54) is 0 Å². The van der Waals surface area contributed by atoms with Crippen LogP contribution in [0.3, 0.4) is 0 Å². The van der Waals surface area contributed by atoms with Gasteiger partial charge in [0.25, 0.3) is 0 Å². The van der Waals surface area contributed by atoms with Crippen LogP contribution in [0.4, 0.5) is 5.95 Å². The van der Waals surface area contributed by atoms with Gasteiger partial charge in [0, 0.05) is 44.3 Å². The van der Waals surface area contributed by atoms with E-state index >= 15 is 0 Å². The maximum Gasteiger partial charge on any atom is 0.225 e. The number of rotatable bonds is 2. The van der Waals surface area contributed by atoms with E-state index in [1.807, 2.05) is 19.3 Å². The molecule has 16 heavy (non-hydrogen) atoms. The molecule has 0 saturated carbocycles. The Morgan fingerprint density at radius 1 is 1.19 bits per heavy atom. The lowest BCUT2D eigenvalue weighted by Crippen LogP contribution is -2.46. The van der Waals surface area contributed by atoms with Crippen molar-refractivity contribution in [3.8, 4) is 0 Å². The number of hydrogen-bond acceptors (Lipinski definition) is 4. The van der Waals surface area contributed by atoms with Crippen LogP contribution in [0.15, 0.2) is 24.7 Å². The summed E-state index contributed by atoms with van der Waals surface area (Å²) in [6.07, 6.45) is 3.74. The van der Waals surface area contributed by atoms with E-state index < -0.39 is 0 Å². The van der Waals surface area contributed by atoms with Gasteiger partial charge in [-0.2, -0.15) is 0 Å². The summed E-state index contributed by atoms with van der Waals surface area (Å²) in [7, 11) is 0. The predicted octanol–water partition coefficient (Wildman–Crippen LogP) is 1.44. The first-order chi connectivity index (χ1) is 7.66. The summed E-state index contributed by atoms with van der Waals surface area (Å²) in [6, 6.07) is 0. The van der Waals surface area contributed by atoms with Crippen LogP contribution in [0.2, 0.25) is 0 Å². The highest BCUT2D eigenvalue weighted by Crippen LogP contribution is 2.12. The molecule has 1 aliphatic heterocycles. The monoisotopic (exact) mass is 218 g/mol. The lowest BCUT2D eigenvalue weighted by molar-refractivity contribution is 0.321. The summed E-state index contributed by atoms with van der Waals surface area (Å²) in [5, 5.41) is 0. The smallest absolute Gasteiger partial charge is 0.225 e. The van der Waals surface area contributed by atoms with Gasteiger partial charge in [-0.1, -0.05) is 6.58 Å². The summed E-state index contributed by atoms with van der Waals surface area (Å²) in [6.45, 7) is 12.0. The fourth-order valence-electron chi connectivity index (χ4n) is 1.84. The van der Waals surface area contributed by atoms with Crippen molar-refractivity contribution in [2.24, 2.45) is 0 Å². The molecule has 0 amide bonds. The van der Waals surface area contributed by atoms with Gasteiger partial charge in [-0.25, -0.2) is 9.97 Å². The van der Waals surface area contributed by atoms with Gasteiger partial charge in [-0.3, -0.25) is 0 Å². The van der Waals surface area contributed by atoms with Crippen molar-refractivity contribution in [3.63, 3.8) is 0 Å². The van der Waals surface area contributed by atoms with Crippen LogP contribution in [0.5, 0.6) is 0 Å². The van der Waals surface area contributed by atoms with Crippen molar-refractivity contribution in [1.82, 2.24) is 14.9 Å². The van der Waals surface area contributed by atoms with Crippen molar-refractivity contribution in [2.45, 2.75) is 13.8 Å². The second-order valence-electron chi connectivity index (χ2n) is 4.27. The second kappa shape index (κ2) is 4.51. The third-order valence-corrected chi connectivity index (χ3v) is 2.87. The van der Waals surface area contributed by atoms with Crippen LogP contribution < -0.4 is 4.90 Å². The molecule has 1 aliphatic rings. The van der Waals surface area contributed by atoms with Crippen LogP contribution in [0.25, 0.3) is 0 Å². The molecule has 0 spiro atoms. The Labute approximate surface area is 96.6 Å². The van der Waals surface area contributed by atoms with Crippen LogP contribution in [-0.2, 0) is 0 Å². The standard InChI is InChI=1S/C12H18N4/c1-10(2)15-4-6-16(7-5-15)12-13-8-11(3)9-14-12/h8-9H,1,4-7H2,2-3H3. The maximum atomic E-state index is 4.35. The fraction of sp³-hybridized carbons (Fsp3) is 0.500. The molecule has 4 heteroatoms. The molecule has 0 atom stereocenters. The quantitative estimate of drug-likeness (QED) is 0.752.